The molecule has 4 heteroatoms. The number of aromatic nitrogens is 1. The fourth-order valence-electron chi connectivity index (χ4n) is 0.691. The Kier molecular flexibility index (Phi) is 2.01. The smallest absolute Gasteiger partial charge is 0.184 e. The number of rotatable bonds is 1. The molecule has 1 heterocycles. The summed E-state index contributed by atoms with van der Waals surface area (Å²) in [6, 6.07) is 0. The molecule has 0 radical (unpaired) electrons. The summed E-state index contributed by atoms with van der Waals surface area (Å²) in [4.78, 5) is 15.1. The molecule has 0 aromatic carbocycles. The lowest BCUT2D eigenvalue weighted by atomic mass is 10.5. The standard InChI is InChI=1S/C6H8N2OS/c1-7-6-8(2)5(3-9)4-10-6/h3-4H,1-2H3. The summed E-state index contributed by atoms with van der Waals surface area (Å²) < 4.78 is 1.76. The van der Waals surface area contributed by atoms with Crippen molar-refractivity contribution < 1.29 is 4.79 Å². The molecule has 0 aliphatic carbocycles. The SMILES string of the molecule is CN=c1scc(C=O)n1C. The maximum atomic E-state index is 10.3. The van der Waals surface area contributed by atoms with Gasteiger partial charge in [0.1, 0.15) is 0 Å². The Morgan fingerprint density at radius 1 is 1.80 bits per heavy atom. The normalized spacial score (nSPS) is 12.0. The van der Waals surface area contributed by atoms with Gasteiger partial charge in [-0.25, -0.2) is 0 Å². The van der Waals surface area contributed by atoms with Gasteiger partial charge in [0.15, 0.2) is 11.1 Å². The number of hydrogen-bond donors (Lipinski definition) is 0. The number of thiazole rings is 1. The van der Waals surface area contributed by atoms with Crippen LogP contribution in [-0.4, -0.2) is 17.9 Å². The Hall–Kier alpha value is -0.900. The number of nitrogens with zero attached hydrogens (tertiary/aromatic N) is 2. The van der Waals surface area contributed by atoms with Gasteiger partial charge in [-0.05, 0) is 0 Å². The monoisotopic (exact) mass is 156 g/mol. The summed E-state index contributed by atoms with van der Waals surface area (Å²) >= 11 is 1.47. The van der Waals surface area contributed by atoms with Crippen molar-refractivity contribution in [3.05, 3.63) is 15.9 Å². The molecule has 10 heavy (non-hydrogen) atoms. The fourth-order valence-corrected chi connectivity index (χ4v) is 1.50. The number of carbonyl (C=O) groups is 1. The van der Waals surface area contributed by atoms with E-state index < -0.39 is 0 Å². The van der Waals surface area contributed by atoms with Crippen molar-refractivity contribution in [2.24, 2.45) is 12.0 Å². The Bertz CT molecular complexity index is 297. The lowest BCUT2D eigenvalue weighted by Crippen LogP contribution is -2.12. The predicted molar refractivity (Wildman–Crippen MR) is 40.2 cm³/mol. The van der Waals surface area contributed by atoms with E-state index in [2.05, 4.69) is 4.99 Å². The molecule has 0 atom stereocenters. The minimum atomic E-state index is 0.672. The van der Waals surface area contributed by atoms with E-state index in [0.29, 0.717) is 5.69 Å². The minimum absolute atomic E-state index is 0.672. The molecule has 0 spiro atoms. The molecule has 3 nitrogen and oxygen atoms in total. The molecule has 0 unspecified atom stereocenters. The van der Waals surface area contributed by atoms with Crippen molar-refractivity contribution in [3.8, 4) is 0 Å². The van der Waals surface area contributed by atoms with E-state index >= 15 is 0 Å². The van der Waals surface area contributed by atoms with Crippen LogP contribution >= 0.6 is 11.3 Å². The Morgan fingerprint density at radius 2 is 2.50 bits per heavy atom. The molecule has 0 saturated heterocycles. The highest BCUT2D eigenvalue weighted by atomic mass is 32.1. The van der Waals surface area contributed by atoms with Crippen molar-refractivity contribution in [2.45, 2.75) is 0 Å². The third-order valence-corrected chi connectivity index (χ3v) is 2.30. The van der Waals surface area contributed by atoms with Gasteiger partial charge in [-0.2, -0.15) is 0 Å². The summed E-state index contributed by atoms with van der Waals surface area (Å²) in [5.74, 6) is 0. The third-order valence-electron chi connectivity index (χ3n) is 1.27. The van der Waals surface area contributed by atoms with Gasteiger partial charge in [-0.3, -0.25) is 9.79 Å². The second-order valence-electron chi connectivity index (χ2n) is 1.84. The molecule has 0 fully saturated rings. The van der Waals surface area contributed by atoms with Crippen LogP contribution in [0.15, 0.2) is 10.4 Å². The van der Waals surface area contributed by atoms with E-state index in [-0.39, 0.29) is 0 Å². The molecule has 54 valence electrons. The van der Waals surface area contributed by atoms with Crippen LogP contribution in [-0.2, 0) is 7.05 Å². The van der Waals surface area contributed by atoms with Gasteiger partial charge < -0.3 is 4.57 Å². The highest BCUT2D eigenvalue weighted by Crippen LogP contribution is 1.94. The van der Waals surface area contributed by atoms with Crippen LogP contribution in [0.5, 0.6) is 0 Å². The van der Waals surface area contributed by atoms with E-state index in [9.17, 15) is 4.79 Å². The zero-order valence-corrected chi connectivity index (χ0v) is 6.68. The Morgan fingerprint density at radius 3 is 2.80 bits per heavy atom. The number of hydrogen-bond acceptors (Lipinski definition) is 3. The summed E-state index contributed by atoms with van der Waals surface area (Å²) in [5.41, 5.74) is 0.672. The number of carbonyl (C=O) groups excluding carboxylic acids is 1. The molecular weight excluding hydrogens is 148 g/mol. The largest absolute Gasteiger partial charge is 0.318 e. The lowest BCUT2D eigenvalue weighted by Gasteiger charge is -1.89. The predicted octanol–water partition coefficient (Wildman–Crippen LogP) is 0.430. The molecule has 0 N–H and O–H groups in total. The van der Waals surface area contributed by atoms with Gasteiger partial charge in [-0.1, -0.05) is 0 Å². The fraction of sp³-hybridized carbons (Fsp3) is 0.333. The second kappa shape index (κ2) is 2.79. The topological polar surface area (TPSA) is 34.4 Å². The van der Waals surface area contributed by atoms with Crippen molar-refractivity contribution in [3.63, 3.8) is 0 Å². The van der Waals surface area contributed by atoms with E-state index in [1.807, 2.05) is 7.05 Å². The minimum Gasteiger partial charge on any atom is -0.318 e. The molecular formula is C6H8N2OS. The van der Waals surface area contributed by atoms with Crippen LogP contribution in [0, 0.1) is 0 Å². The van der Waals surface area contributed by atoms with Crippen LogP contribution in [0.25, 0.3) is 0 Å². The molecule has 1 aromatic rings. The lowest BCUT2D eigenvalue weighted by molar-refractivity contribution is 0.111. The Labute approximate surface area is 62.7 Å². The van der Waals surface area contributed by atoms with Gasteiger partial charge >= 0.3 is 0 Å². The second-order valence-corrected chi connectivity index (χ2v) is 2.68. The molecule has 0 aliphatic rings. The number of aldehydes is 1. The first-order valence-corrected chi connectivity index (χ1v) is 3.70. The highest BCUT2D eigenvalue weighted by Gasteiger charge is 1.96. The zero-order chi connectivity index (χ0) is 7.56. The van der Waals surface area contributed by atoms with Crippen molar-refractivity contribution >= 4 is 17.6 Å². The van der Waals surface area contributed by atoms with Crippen molar-refractivity contribution in [1.82, 2.24) is 4.57 Å². The van der Waals surface area contributed by atoms with Gasteiger partial charge in [-0.15, -0.1) is 11.3 Å². The van der Waals surface area contributed by atoms with Gasteiger partial charge in [0.2, 0.25) is 0 Å². The first-order valence-electron chi connectivity index (χ1n) is 2.82. The van der Waals surface area contributed by atoms with Crippen LogP contribution in [0.1, 0.15) is 10.5 Å². The molecule has 1 aromatic heterocycles. The maximum absolute atomic E-state index is 10.3. The van der Waals surface area contributed by atoms with Crippen LogP contribution < -0.4 is 4.80 Å². The third kappa shape index (κ3) is 1.02. The van der Waals surface area contributed by atoms with Gasteiger partial charge in [0.25, 0.3) is 0 Å². The molecule has 1 rings (SSSR count). The Balaban J connectivity index is 3.35. The van der Waals surface area contributed by atoms with Crippen molar-refractivity contribution in [2.75, 3.05) is 7.05 Å². The highest BCUT2D eigenvalue weighted by molar-refractivity contribution is 7.07. The first-order chi connectivity index (χ1) is 4.79. The van der Waals surface area contributed by atoms with Gasteiger partial charge in [0.05, 0.1) is 5.69 Å². The van der Waals surface area contributed by atoms with Crippen LogP contribution in [0.3, 0.4) is 0 Å². The first kappa shape index (κ1) is 7.21. The van der Waals surface area contributed by atoms with E-state index in [1.54, 1.807) is 17.0 Å². The van der Waals surface area contributed by atoms with Crippen LogP contribution in [0.4, 0.5) is 0 Å². The zero-order valence-electron chi connectivity index (χ0n) is 5.87. The van der Waals surface area contributed by atoms with E-state index in [4.69, 9.17) is 0 Å². The molecule has 0 saturated carbocycles. The molecule has 0 aliphatic heterocycles. The molecule has 0 bridgehead atoms. The maximum Gasteiger partial charge on any atom is 0.184 e. The van der Waals surface area contributed by atoms with E-state index in [0.717, 1.165) is 11.1 Å². The average molecular weight is 156 g/mol. The average Bonchev–Trinajstić information content (AvgIpc) is 2.30. The van der Waals surface area contributed by atoms with Crippen molar-refractivity contribution in [1.29, 1.82) is 0 Å². The molecule has 0 amide bonds. The van der Waals surface area contributed by atoms with Crippen LogP contribution in [0.2, 0.25) is 0 Å². The van der Waals surface area contributed by atoms with E-state index in [1.165, 1.54) is 11.3 Å². The summed E-state index contributed by atoms with van der Waals surface area (Å²) in [7, 11) is 3.53. The summed E-state index contributed by atoms with van der Waals surface area (Å²) in [6.07, 6.45) is 0.825. The van der Waals surface area contributed by atoms with Gasteiger partial charge in [0, 0.05) is 19.5 Å². The summed E-state index contributed by atoms with van der Waals surface area (Å²) in [5, 5.41) is 1.79. The summed E-state index contributed by atoms with van der Waals surface area (Å²) in [6.45, 7) is 0. The quantitative estimate of drug-likeness (QED) is 0.543.